The molecule has 0 aromatic heterocycles. The molecule has 0 aromatic carbocycles. The predicted octanol–water partition coefficient (Wildman–Crippen LogP) is 6.99. The zero-order valence-corrected chi connectivity index (χ0v) is 19.4. The molecule has 2 aliphatic carbocycles. The quantitative estimate of drug-likeness (QED) is 0.382. The summed E-state index contributed by atoms with van der Waals surface area (Å²) >= 11 is 0. The molecule has 152 valence electrons. The first-order valence-corrected chi connectivity index (χ1v) is 14.0. The van der Waals surface area contributed by atoms with Crippen LogP contribution in [0.2, 0.25) is 18.1 Å². The monoisotopic (exact) mass is 380 g/mol. The molecule has 3 heteroatoms. The third-order valence-electron chi connectivity index (χ3n) is 7.85. The summed E-state index contributed by atoms with van der Waals surface area (Å²) in [5, 5.41) is 0. The largest absolute Gasteiger partial charge is 0.412 e. The van der Waals surface area contributed by atoms with Crippen molar-refractivity contribution in [1.82, 2.24) is 0 Å². The van der Waals surface area contributed by atoms with Crippen LogP contribution >= 0.6 is 0 Å². The summed E-state index contributed by atoms with van der Waals surface area (Å²) in [6, 6.07) is 3.71. The molecule has 2 rings (SSSR count). The van der Waals surface area contributed by atoms with Crippen LogP contribution in [0.4, 0.5) is 0 Å². The Hall–Kier alpha value is -0.153. The van der Waals surface area contributed by atoms with Gasteiger partial charge in [0.1, 0.15) is 5.78 Å². The normalized spacial score (nSPS) is 28.2. The van der Waals surface area contributed by atoms with Gasteiger partial charge in [0.2, 0.25) is 0 Å². The summed E-state index contributed by atoms with van der Waals surface area (Å²) < 4.78 is 6.77. The number of hydrogen-bond acceptors (Lipinski definition) is 2. The summed E-state index contributed by atoms with van der Waals surface area (Å²) in [7, 11) is -1.52. The summed E-state index contributed by atoms with van der Waals surface area (Å²) in [4.78, 5) is 12.2. The van der Waals surface area contributed by atoms with Crippen LogP contribution in [0.3, 0.4) is 0 Å². The third kappa shape index (κ3) is 5.22. The fourth-order valence-electron chi connectivity index (χ4n) is 5.98. The summed E-state index contributed by atoms with van der Waals surface area (Å²) in [6.45, 7) is 14.0. The van der Waals surface area contributed by atoms with Gasteiger partial charge in [0.05, 0.1) is 5.60 Å². The topological polar surface area (TPSA) is 26.3 Å². The molecule has 0 unspecified atom stereocenters. The number of Topliss-reactive ketones (excluding diaryl/α,β-unsaturated/α-hetero) is 1. The molecule has 2 saturated carbocycles. The van der Waals surface area contributed by atoms with E-state index < -0.39 is 8.32 Å². The van der Waals surface area contributed by atoms with Gasteiger partial charge in [-0.05, 0) is 81.8 Å². The van der Waals surface area contributed by atoms with Crippen LogP contribution in [0, 0.1) is 23.7 Å². The smallest absolute Gasteiger partial charge is 0.192 e. The molecule has 0 aliphatic heterocycles. The Morgan fingerprint density at radius 2 is 1.77 bits per heavy atom. The van der Waals surface area contributed by atoms with E-state index in [0.717, 1.165) is 24.7 Å². The van der Waals surface area contributed by atoms with Crippen molar-refractivity contribution in [2.45, 2.75) is 117 Å². The Kier molecular flexibility index (Phi) is 7.97. The molecule has 26 heavy (non-hydrogen) atoms. The van der Waals surface area contributed by atoms with Crippen LogP contribution < -0.4 is 0 Å². The van der Waals surface area contributed by atoms with Crippen LogP contribution in [-0.4, -0.2) is 19.7 Å². The zero-order valence-electron chi connectivity index (χ0n) is 18.4. The first-order valence-electron chi connectivity index (χ1n) is 11.5. The van der Waals surface area contributed by atoms with Gasteiger partial charge in [-0.2, -0.15) is 0 Å². The molecule has 0 spiro atoms. The first-order chi connectivity index (χ1) is 12.3. The van der Waals surface area contributed by atoms with Crippen molar-refractivity contribution >= 4 is 14.1 Å². The van der Waals surface area contributed by atoms with Crippen LogP contribution in [0.25, 0.3) is 0 Å². The second-order valence-electron chi connectivity index (χ2n) is 9.85. The zero-order chi connectivity index (χ0) is 19.4. The highest BCUT2D eigenvalue weighted by Crippen LogP contribution is 2.48. The van der Waals surface area contributed by atoms with Crippen molar-refractivity contribution in [3.63, 3.8) is 0 Å². The number of carbonyl (C=O) groups is 1. The Morgan fingerprint density at radius 1 is 1.12 bits per heavy atom. The third-order valence-corrected chi connectivity index (χ3v) is 12.7. The highest BCUT2D eigenvalue weighted by Gasteiger charge is 2.43. The van der Waals surface area contributed by atoms with E-state index in [-0.39, 0.29) is 5.60 Å². The average molecular weight is 381 g/mol. The van der Waals surface area contributed by atoms with Crippen LogP contribution in [0.1, 0.15) is 92.9 Å². The molecule has 4 atom stereocenters. The Morgan fingerprint density at radius 3 is 2.38 bits per heavy atom. The van der Waals surface area contributed by atoms with Crippen molar-refractivity contribution in [2.75, 3.05) is 0 Å². The number of fused-ring (bicyclic) bond motifs is 1. The van der Waals surface area contributed by atoms with Gasteiger partial charge in [0, 0.05) is 12.3 Å². The van der Waals surface area contributed by atoms with Gasteiger partial charge >= 0.3 is 0 Å². The highest BCUT2D eigenvalue weighted by atomic mass is 28.4. The molecule has 0 heterocycles. The predicted molar refractivity (Wildman–Crippen MR) is 114 cm³/mol. The van der Waals surface area contributed by atoms with Crippen LogP contribution in [0.15, 0.2) is 0 Å². The molecule has 0 bridgehead atoms. The van der Waals surface area contributed by atoms with Gasteiger partial charge in [0.15, 0.2) is 8.32 Å². The van der Waals surface area contributed by atoms with Gasteiger partial charge < -0.3 is 4.43 Å². The van der Waals surface area contributed by atoms with Gasteiger partial charge in [-0.25, -0.2) is 0 Å². The lowest BCUT2D eigenvalue weighted by Gasteiger charge is -2.39. The number of hydrogen-bond donors (Lipinski definition) is 0. The summed E-state index contributed by atoms with van der Waals surface area (Å²) in [5.41, 5.74) is 0.0208. The molecule has 0 N–H and O–H groups in total. The lowest BCUT2D eigenvalue weighted by molar-refractivity contribution is -0.126. The minimum atomic E-state index is -1.52. The van der Waals surface area contributed by atoms with E-state index in [1.54, 1.807) is 0 Å². The minimum Gasteiger partial charge on any atom is -0.412 e. The summed E-state index contributed by atoms with van der Waals surface area (Å²) in [5.74, 6) is 3.25. The molecule has 0 aromatic rings. The van der Waals surface area contributed by atoms with E-state index in [0.29, 0.717) is 17.6 Å². The van der Waals surface area contributed by atoms with Gasteiger partial charge in [-0.1, -0.05) is 40.5 Å². The van der Waals surface area contributed by atoms with Gasteiger partial charge in [0.25, 0.3) is 0 Å². The van der Waals surface area contributed by atoms with E-state index in [4.69, 9.17) is 4.43 Å². The number of rotatable bonds is 10. The molecular formula is C23H44O2Si. The van der Waals surface area contributed by atoms with Crippen molar-refractivity contribution in [3.8, 4) is 0 Å². The number of carbonyl (C=O) groups excluding carboxylic acids is 1. The molecule has 2 fully saturated rings. The SMILES string of the molecule is CC[Si](CC)(CC)OC(C)(C)CCC[C@@H](C)[C@H]1CC[C@H]2C(=O)CCC[C@H]12. The molecule has 0 saturated heterocycles. The van der Waals surface area contributed by atoms with Gasteiger partial charge in [-0.15, -0.1) is 0 Å². The Balaban J connectivity index is 1.82. The Labute approximate surface area is 164 Å². The van der Waals surface area contributed by atoms with Crippen LogP contribution in [0.5, 0.6) is 0 Å². The lowest BCUT2D eigenvalue weighted by atomic mass is 9.73. The van der Waals surface area contributed by atoms with E-state index in [9.17, 15) is 4.79 Å². The second-order valence-corrected chi connectivity index (χ2v) is 14.5. The minimum absolute atomic E-state index is 0.0208. The average Bonchev–Trinajstić information content (AvgIpc) is 3.05. The number of ketones is 1. The maximum Gasteiger partial charge on any atom is 0.192 e. The van der Waals surface area contributed by atoms with Crippen molar-refractivity contribution in [2.24, 2.45) is 23.7 Å². The van der Waals surface area contributed by atoms with Crippen molar-refractivity contribution in [3.05, 3.63) is 0 Å². The van der Waals surface area contributed by atoms with Crippen molar-refractivity contribution < 1.29 is 9.22 Å². The van der Waals surface area contributed by atoms with E-state index >= 15 is 0 Å². The lowest BCUT2D eigenvalue weighted by Crippen LogP contribution is -2.44. The highest BCUT2D eigenvalue weighted by molar-refractivity contribution is 6.73. The van der Waals surface area contributed by atoms with Crippen LogP contribution in [-0.2, 0) is 9.22 Å². The second kappa shape index (κ2) is 9.36. The molecule has 2 aliphatic rings. The van der Waals surface area contributed by atoms with Crippen molar-refractivity contribution in [1.29, 1.82) is 0 Å². The maximum absolute atomic E-state index is 12.2. The van der Waals surface area contributed by atoms with E-state index in [1.165, 1.54) is 56.7 Å². The summed E-state index contributed by atoms with van der Waals surface area (Å²) in [6.07, 6.45) is 9.49. The molecule has 2 nitrogen and oxygen atoms in total. The first kappa shape index (κ1) is 22.1. The van der Waals surface area contributed by atoms with Gasteiger partial charge in [-0.3, -0.25) is 4.79 Å². The fraction of sp³-hybridized carbons (Fsp3) is 0.957. The molecular weight excluding hydrogens is 336 g/mol. The fourth-order valence-corrected chi connectivity index (χ4v) is 9.19. The standard InChI is InChI=1S/C23H44O2Si/c1-7-26(8-2,9-3)25-23(5,6)17-11-12-18(4)19-15-16-21-20(19)13-10-14-22(21)24/h18-21H,7-17H2,1-6H3/t18-,19-,20-,21-/m1/s1. The van der Waals surface area contributed by atoms with E-state index in [2.05, 4.69) is 41.5 Å². The molecule has 0 radical (unpaired) electrons. The maximum atomic E-state index is 12.2. The molecule has 0 amide bonds. The Bertz CT molecular complexity index is 447. The van der Waals surface area contributed by atoms with E-state index in [1.807, 2.05) is 0 Å².